The summed E-state index contributed by atoms with van der Waals surface area (Å²) in [6, 6.07) is 5.68. The molecule has 0 radical (unpaired) electrons. The molecule has 2 aromatic heterocycles. The Morgan fingerprint density at radius 2 is 2.11 bits per heavy atom. The van der Waals surface area contributed by atoms with E-state index in [1.165, 1.54) is 22.2 Å². The molecule has 0 aliphatic carbocycles. The van der Waals surface area contributed by atoms with E-state index in [9.17, 15) is 4.79 Å². The second-order valence-corrected chi connectivity index (χ2v) is 8.84. The molecule has 1 aliphatic rings. The Bertz CT molecular complexity index is 1020. The number of carbonyl (C=O) groups is 1. The molecule has 3 aromatic rings. The van der Waals surface area contributed by atoms with Gasteiger partial charge in [-0.1, -0.05) is 17.8 Å². The van der Waals surface area contributed by atoms with E-state index >= 15 is 0 Å². The summed E-state index contributed by atoms with van der Waals surface area (Å²) in [7, 11) is 0. The molecule has 27 heavy (non-hydrogen) atoms. The molecular weight excluding hydrogens is 382 g/mol. The number of aromatic nitrogens is 2. The Balaban J connectivity index is 1.43. The van der Waals surface area contributed by atoms with Crippen molar-refractivity contribution in [2.75, 3.05) is 6.79 Å². The van der Waals surface area contributed by atoms with E-state index in [2.05, 4.69) is 29.1 Å². The van der Waals surface area contributed by atoms with Crippen molar-refractivity contribution in [2.24, 2.45) is 0 Å². The number of thiophene rings is 1. The van der Waals surface area contributed by atoms with E-state index in [-0.39, 0.29) is 18.0 Å². The Labute approximate surface area is 165 Å². The van der Waals surface area contributed by atoms with Crippen LogP contribution in [0.5, 0.6) is 11.5 Å². The predicted octanol–water partition coefficient (Wildman–Crippen LogP) is 3.83. The van der Waals surface area contributed by atoms with Gasteiger partial charge < -0.3 is 14.8 Å². The number of hydrogen-bond acceptors (Lipinski definition) is 7. The van der Waals surface area contributed by atoms with Gasteiger partial charge in [0, 0.05) is 16.8 Å². The monoisotopic (exact) mass is 401 g/mol. The molecule has 0 saturated carbocycles. The van der Waals surface area contributed by atoms with Crippen molar-refractivity contribution in [2.45, 2.75) is 37.6 Å². The molecule has 6 nitrogen and oxygen atoms in total. The third-order valence-electron chi connectivity index (χ3n) is 4.49. The summed E-state index contributed by atoms with van der Waals surface area (Å²) < 4.78 is 10.7. The minimum Gasteiger partial charge on any atom is -0.454 e. The van der Waals surface area contributed by atoms with Crippen molar-refractivity contribution in [3.63, 3.8) is 0 Å². The number of benzene rings is 1. The Morgan fingerprint density at radius 3 is 2.96 bits per heavy atom. The highest BCUT2D eigenvalue weighted by Crippen LogP contribution is 2.36. The SMILES string of the molecule is Cc1sc2ncnc(SC(C)C(=O)NCc3ccc4c(c3)OCO4)c2c1C. The normalized spacial score (nSPS) is 13.7. The first-order valence-electron chi connectivity index (χ1n) is 8.56. The predicted molar refractivity (Wildman–Crippen MR) is 107 cm³/mol. The van der Waals surface area contributed by atoms with Gasteiger partial charge in [0.05, 0.1) is 5.25 Å². The summed E-state index contributed by atoms with van der Waals surface area (Å²) in [5.41, 5.74) is 2.16. The third-order valence-corrected chi connectivity index (χ3v) is 6.71. The lowest BCUT2D eigenvalue weighted by Crippen LogP contribution is -2.30. The van der Waals surface area contributed by atoms with Crippen LogP contribution in [0.1, 0.15) is 22.9 Å². The van der Waals surface area contributed by atoms with Gasteiger partial charge in [0.15, 0.2) is 11.5 Å². The van der Waals surface area contributed by atoms with Crippen LogP contribution in [0.4, 0.5) is 0 Å². The molecule has 1 atom stereocenters. The lowest BCUT2D eigenvalue weighted by Gasteiger charge is -2.12. The van der Waals surface area contributed by atoms with Crippen molar-refractivity contribution in [1.82, 2.24) is 15.3 Å². The fourth-order valence-corrected chi connectivity index (χ4v) is 4.91. The molecule has 3 heterocycles. The number of thioether (sulfide) groups is 1. The van der Waals surface area contributed by atoms with Gasteiger partial charge in [-0.15, -0.1) is 11.3 Å². The summed E-state index contributed by atoms with van der Waals surface area (Å²) >= 11 is 3.12. The summed E-state index contributed by atoms with van der Waals surface area (Å²) in [6.45, 7) is 6.73. The van der Waals surface area contributed by atoms with Crippen molar-refractivity contribution < 1.29 is 14.3 Å². The second kappa shape index (κ2) is 7.36. The first-order chi connectivity index (χ1) is 13.0. The lowest BCUT2D eigenvalue weighted by molar-refractivity contribution is -0.120. The molecule has 1 amide bonds. The fourth-order valence-electron chi connectivity index (χ4n) is 2.84. The summed E-state index contributed by atoms with van der Waals surface area (Å²) in [4.78, 5) is 23.5. The largest absolute Gasteiger partial charge is 0.454 e. The van der Waals surface area contributed by atoms with Gasteiger partial charge in [-0.05, 0) is 44.0 Å². The van der Waals surface area contributed by atoms with E-state index in [0.717, 1.165) is 32.3 Å². The van der Waals surface area contributed by atoms with Crippen LogP contribution in [0, 0.1) is 13.8 Å². The summed E-state index contributed by atoms with van der Waals surface area (Å²) in [5.74, 6) is 1.42. The van der Waals surface area contributed by atoms with E-state index in [1.807, 2.05) is 25.1 Å². The molecule has 8 heteroatoms. The molecular formula is C19H19N3O3S2. The number of carbonyl (C=O) groups excluding carboxylic acids is 1. The summed E-state index contributed by atoms with van der Waals surface area (Å²) in [6.07, 6.45) is 1.57. The van der Waals surface area contributed by atoms with Crippen molar-refractivity contribution in [3.05, 3.63) is 40.5 Å². The molecule has 1 N–H and O–H groups in total. The lowest BCUT2D eigenvalue weighted by atomic mass is 10.2. The number of nitrogens with one attached hydrogen (secondary N) is 1. The van der Waals surface area contributed by atoms with Crippen LogP contribution < -0.4 is 14.8 Å². The van der Waals surface area contributed by atoms with Crippen LogP contribution in [-0.2, 0) is 11.3 Å². The van der Waals surface area contributed by atoms with Crippen LogP contribution in [0.3, 0.4) is 0 Å². The molecule has 0 saturated heterocycles. The molecule has 1 aliphatic heterocycles. The zero-order chi connectivity index (χ0) is 19.0. The first kappa shape index (κ1) is 18.1. The van der Waals surface area contributed by atoms with Crippen LogP contribution in [0.25, 0.3) is 10.2 Å². The molecule has 140 valence electrons. The van der Waals surface area contributed by atoms with Crippen LogP contribution in [0.2, 0.25) is 0 Å². The van der Waals surface area contributed by atoms with Crippen molar-refractivity contribution in [1.29, 1.82) is 0 Å². The van der Waals surface area contributed by atoms with E-state index in [4.69, 9.17) is 9.47 Å². The Kier molecular flexibility index (Phi) is 4.92. The molecule has 0 fully saturated rings. The fraction of sp³-hybridized carbons (Fsp3) is 0.316. The molecule has 0 bridgehead atoms. The van der Waals surface area contributed by atoms with Crippen molar-refractivity contribution in [3.8, 4) is 11.5 Å². The average molecular weight is 402 g/mol. The number of nitrogens with zero attached hydrogens (tertiary/aromatic N) is 2. The van der Waals surface area contributed by atoms with Crippen LogP contribution in [-0.4, -0.2) is 27.9 Å². The summed E-state index contributed by atoms with van der Waals surface area (Å²) in [5, 5.41) is 4.62. The maximum absolute atomic E-state index is 12.6. The third kappa shape index (κ3) is 3.59. The zero-order valence-electron chi connectivity index (χ0n) is 15.2. The smallest absolute Gasteiger partial charge is 0.233 e. The maximum Gasteiger partial charge on any atom is 0.233 e. The quantitative estimate of drug-likeness (QED) is 0.517. The standard InChI is InChI=1S/C19H19N3O3S2/c1-10-11(2)26-18-16(10)19(22-8-21-18)27-12(3)17(23)20-7-13-4-5-14-15(6-13)25-9-24-14/h4-6,8,12H,7,9H2,1-3H3,(H,20,23). The number of aryl methyl sites for hydroxylation is 2. The van der Waals surface area contributed by atoms with Gasteiger partial charge in [-0.25, -0.2) is 9.97 Å². The molecule has 0 spiro atoms. The van der Waals surface area contributed by atoms with Crippen molar-refractivity contribution >= 4 is 39.2 Å². The van der Waals surface area contributed by atoms with Crippen LogP contribution in [0.15, 0.2) is 29.6 Å². The van der Waals surface area contributed by atoms with E-state index in [1.54, 1.807) is 17.7 Å². The van der Waals surface area contributed by atoms with Gasteiger partial charge in [-0.2, -0.15) is 0 Å². The van der Waals surface area contributed by atoms with E-state index < -0.39 is 0 Å². The maximum atomic E-state index is 12.6. The first-order valence-corrected chi connectivity index (χ1v) is 10.3. The number of amides is 1. The number of rotatable bonds is 5. The number of fused-ring (bicyclic) bond motifs is 2. The Hall–Kier alpha value is -2.32. The van der Waals surface area contributed by atoms with E-state index in [0.29, 0.717) is 6.54 Å². The minimum absolute atomic E-state index is 0.0333. The van der Waals surface area contributed by atoms with Gasteiger partial charge in [-0.3, -0.25) is 4.79 Å². The highest BCUT2D eigenvalue weighted by molar-refractivity contribution is 8.00. The minimum atomic E-state index is -0.267. The van der Waals surface area contributed by atoms with Gasteiger partial charge in [0.25, 0.3) is 0 Å². The highest BCUT2D eigenvalue weighted by Gasteiger charge is 2.20. The molecule has 1 aromatic carbocycles. The van der Waals surface area contributed by atoms with Gasteiger partial charge in [0.1, 0.15) is 16.2 Å². The van der Waals surface area contributed by atoms with Crippen LogP contribution >= 0.6 is 23.1 Å². The van der Waals surface area contributed by atoms with Gasteiger partial charge in [0.2, 0.25) is 12.7 Å². The number of ether oxygens (including phenoxy) is 2. The topological polar surface area (TPSA) is 73.3 Å². The average Bonchev–Trinajstić information content (AvgIpc) is 3.24. The number of hydrogen-bond donors (Lipinski definition) is 1. The highest BCUT2D eigenvalue weighted by atomic mass is 32.2. The van der Waals surface area contributed by atoms with Gasteiger partial charge >= 0.3 is 0 Å². The Morgan fingerprint density at radius 1 is 1.30 bits per heavy atom. The zero-order valence-corrected chi connectivity index (χ0v) is 16.9. The second-order valence-electron chi connectivity index (χ2n) is 6.31. The molecule has 4 rings (SSSR count). The molecule has 1 unspecified atom stereocenters.